The van der Waals surface area contributed by atoms with Crippen molar-refractivity contribution in [3.8, 4) is 0 Å². The summed E-state index contributed by atoms with van der Waals surface area (Å²) < 4.78 is 0. The van der Waals surface area contributed by atoms with Gasteiger partial charge in [0.2, 0.25) is 0 Å². The summed E-state index contributed by atoms with van der Waals surface area (Å²) in [6.45, 7) is 3.33. The molecule has 0 amide bonds. The first-order valence-corrected chi connectivity index (χ1v) is 12.0. The first-order valence-electron chi connectivity index (χ1n) is 12.0. The lowest BCUT2D eigenvalue weighted by molar-refractivity contribution is 0.452. The molecule has 0 bridgehead atoms. The molecule has 0 aromatic carbocycles. The molecule has 0 spiro atoms. The van der Waals surface area contributed by atoms with Crippen LogP contribution in [-0.2, 0) is 6.42 Å². The van der Waals surface area contributed by atoms with Crippen LogP contribution in [0.25, 0.3) is 5.70 Å². The van der Waals surface area contributed by atoms with Gasteiger partial charge in [0.05, 0.1) is 11.4 Å². The molecule has 4 nitrogen and oxygen atoms in total. The molecule has 1 aromatic heterocycles. The van der Waals surface area contributed by atoms with Gasteiger partial charge in [0, 0.05) is 24.2 Å². The molecule has 0 radical (unpaired) electrons. The minimum atomic E-state index is 0.624. The van der Waals surface area contributed by atoms with Gasteiger partial charge in [0.25, 0.3) is 0 Å². The number of anilines is 1. The average molecular weight is 405 g/mol. The number of aromatic nitrogens is 2. The van der Waals surface area contributed by atoms with E-state index in [2.05, 4.69) is 46.1 Å². The van der Waals surface area contributed by atoms with Gasteiger partial charge in [-0.1, -0.05) is 82.9 Å². The number of rotatable bonds is 11. The molecule has 4 heteroatoms. The second-order valence-corrected chi connectivity index (χ2v) is 8.80. The number of allylic oxidation sites excluding steroid dienone is 5. The molecule has 2 aliphatic carbocycles. The van der Waals surface area contributed by atoms with E-state index in [4.69, 9.17) is 5.73 Å². The van der Waals surface area contributed by atoms with Gasteiger partial charge < -0.3 is 10.6 Å². The van der Waals surface area contributed by atoms with Gasteiger partial charge in [-0.25, -0.2) is 9.97 Å². The van der Waals surface area contributed by atoms with Crippen LogP contribution in [0.3, 0.4) is 0 Å². The summed E-state index contributed by atoms with van der Waals surface area (Å²) in [5.74, 6) is 0.624. The molecule has 3 aliphatic rings. The van der Waals surface area contributed by atoms with Gasteiger partial charge in [-0.2, -0.15) is 0 Å². The number of hydrogen-bond donors (Lipinski definition) is 1. The van der Waals surface area contributed by atoms with Crippen molar-refractivity contribution < 1.29 is 0 Å². The van der Waals surface area contributed by atoms with Gasteiger partial charge >= 0.3 is 0 Å². The first-order chi connectivity index (χ1) is 14.8. The Balaban J connectivity index is 1.35. The van der Waals surface area contributed by atoms with Gasteiger partial charge in [0.1, 0.15) is 12.1 Å². The highest BCUT2D eigenvalue weighted by Gasteiger charge is 2.33. The van der Waals surface area contributed by atoms with Gasteiger partial charge in [-0.05, 0) is 30.1 Å². The summed E-state index contributed by atoms with van der Waals surface area (Å²) in [6, 6.07) is 0. The lowest BCUT2D eigenvalue weighted by Crippen LogP contribution is -2.27. The normalized spacial score (nSPS) is 16.9. The molecular formula is C26H36N4. The highest BCUT2D eigenvalue weighted by Crippen LogP contribution is 2.44. The molecule has 1 aromatic rings. The fraction of sp³-hybridized carbons (Fsp3) is 0.538. The van der Waals surface area contributed by atoms with Crippen LogP contribution >= 0.6 is 0 Å². The highest BCUT2D eigenvalue weighted by molar-refractivity contribution is 5.82. The average Bonchev–Trinajstić information content (AvgIpc) is 3.14. The van der Waals surface area contributed by atoms with Crippen LogP contribution in [0.4, 0.5) is 5.82 Å². The summed E-state index contributed by atoms with van der Waals surface area (Å²) in [5, 5.41) is 0. The third-order valence-corrected chi connectivity index (χ3v) is 6.54. The minimum Gasteiger partial charge on any atom is -0.383 e. The number of nitrogen functional groups attached to an aromatic ring is 1. The molecular weight excluding hydrogens is 368 g/mol. The number of unbranched alkanes of at least 4 members (excludes halogenated alkanes) is 9. The second-order valence-electron chi connectivity index (χ2n) is 8.80. The molecule has 160 valence electrons. The van der Waals surface area contributed by atoms with Gasteiger partial charge in [0.15, 0.2) is 0 Å². The van der Waals surface area contributed by atoms with Crippen LogP contribution in [-0.4, -0.2) is 21.4 Å². The van der Waals surface area contributed by atoms with E-state index in [1.807, 2.05) is 0 Å². The Morgan fingerprint density at radius 1 is 0.967 bits per heavy atom. The summed E-state index contributed by atoms with van der Waals surface area (Å²) in [4.78, 5) is 11.4. The number of fused-ring (bicyclic) bond motifs is 3. The monoisotopic (exact) mass is 404 g/mol. The number of nitrogens with two attached hydrogens (primary N) is 1. The standard InChI is InChI=1S/C26H36N4/c1-2-3-4-5-6-7-8-9-10-13-16-30-23-15-12-11-14-20(23)17-21-18-22-24(25(21)30)28-19-29-26(22)27/h11,14-15,17,19H,2-10,12-13,16,18H2,1H3,(H2,27,28,29). The predicted molar refractivity (Wildman–Crippen MR) is 126 cm³/mol. The Kier molecular flexibility index (Phi) is 7.03. The Bertz CT molecular complexity index is 875. The van der Waals surface area contributed by atoms with Crippen molar-refractivity contribution in [3.63, 3.8) is 0 Å². The van der Waals surface area contributed by atoms with E-state index in [0.717, 1.165) is 30.6 Å². The maximum Gasteiger partial charge on any atom is 0.131 e. The highest BCUT2D eigenvalue weighted by atomic mass is 15.2. The van der Waals surface area contributed by atoms with Crippen molar-refractivity contribution >= 4 is 11.5 Å². The van der Waals surface area contributed by atoms with E-state index in [-0.39, 0.29) is 0 Å². The molecule has 0 saturated heterocycles. The summed E-state index contributed by atoms with van der Waals surface area (Å²) in [6.07, 6.45) is 26.3. The zero-order valence-electron chi connectivity index (χ0n) is 18.5. The summed E-state index contributed by atoms with van der Waals surface area (Å²) in [5.41, 5.74) is 13.6. The Labute approximate surface area is 181 Å². The molecule has 2 heterocycles. The van der Waals surface area contributed by atoms with Crippen LogP contribution in [0.5, 0.6) is 0 Å². The Morgan fingerprint density at radius 3 is 2.47 bits per heavy atom. The van der Waals surface area contributed by atoms with E-state index in [1.165, 1.54) is 86.7 Å². The Hall–Kier alpha value is -2.36. The fourth-order valence-corrected chi connectivity index (χ4v) is 4.91. The van der Waals surface area contributed by atoms with E-state index in [9.17, 15) is 0 Å². The largest absolute Gasteiger partial charge is 0.383 e. The quantitative estimate of drug-likeness (QED) is 0.438. The maximum atomic E-state index is 6.18. The molecule has 0 unspecified atom stereocenters. The van der Waals surface area contributed by atoms with E-state index in [1.54, 1.807) is 6.33 Å². The maximum absolute atomic E-state index is 6.18. The second kappa shape index (κ2) is 10.1. The third kappa shape index (κ3) is 4.53. The molecule has 0 saturated carbocycles. The lowest BCUT2D eigenvalue weighted by Gasteiger charge is -2.34. The van der Waals surface area contributed by atoms with Gasteiger partial charge in [-0.3, -0.25) is 0 Å². The van der Waals surface area contributed by atoms with Crippen molar-refractivity contribution in [2.24, 2.45) is 0 Å². The van der Waals surface area contributed by atoms with Crippen LogP contribution in [0.1, 0.15) is 88.8 Å². The summed E-state index contributed by atoms with van der Waals surface area (Å²) >= 11 is 0. The van der Waals surface area contributed by atoms with Crippen molar-refractivity contribution in [2.75, 3.05) is 12.3 Å². The Morgan fingerprint density at radius 2 is 1.70 bits per heavy atom. The molecule has 0 atom stereocenters. The number of hydrogen-bond acceptors (Lipinski definition) is 4. The molecule has 0 fully saturated rings. The third-order valence-electron chi connectivity index (χ3n) is 6.54. The van der Waals surface area contributed by atoms with E-state index < -0.39 is 0 Å². The minimum absolute atomic E-state index is 0.624. The predicted octanol–water partition coefficient (Wildman–Crippen LogP) is 6.33. The van der Waals surface area contributed by atoms with Crippen molar-refractivity contribution in [1.82, 2.24) is 14.9 Å². The van der Waals surface area contributed by atoms with Crippen molar-refractivity contribution in [3.05, 3.63) is 58.7 Å². The van der Waals surface area contributed by atoms with Crippen LogP contribution in [0.2, 0.25) is 0 Å². The molecule has 4 rings (SSSR count). The topological polar surface area (TPSA) is 55.0 Å². The van der Waals surface area contributed by atoms with Crippen LogP contribution < -0.4 is 5.73 Å². The lowest BCUT2D eigenvalue weighted by atomic mass is 9.95. The molecule has 1 aliphatic heterocycles. The smallest absolute Gasteiger partial charge is 0.131 e. The van der Waals surface area contributed by atoms with Gasteiger partial charge in [-0.15, -0.1) is 0 Å². The van der Waals surface area contributed by atoms with Crippen LogP contribution in [0, 0.1) is 0 Å². The number of nitrogens with zero attached hydrogens (tertiary/aromatic N) is 3. The zero-order chi connectivity index (χ0) is 20.8. The van der Waals surface area contributed by atoms with E-state index in [0.29, 0.717) is 5.82 Å². The summed E-state index contributed by atoms with van der Waals surface area (Å²) in [7, 11) is 0. The molecule has 30 heavy (non-hydrogen) atoms. The zero-order valence-corrected chi connectivity index (χ0v) is 18.5. The van der Waals surface area contributed by atoms with Crippen LogP contribution in [0.15, 0.2) is 47.5 Å². The fourth-order valence-electron chi connectivity index (χ4n) is 4.91. The van der Waals surface area contributed by atoms with Crippen molar-refractivity contribution in [2.45, 2.75) is 84.0 Å². The van der Waals surface area contributed by atoms with E-state index >= 15 is 0 Å². The van der Waals surface area contributed by atoms with Crippen molar-refractivity contribution in [1.29, 1.82) is 0 Å². The SMILES string of the molecule is CCCCCCCCCCCCN1C2=CCC=CC2=CC2=C1c1ncnc(N)c1C2. The molecule has 2 N–H and O–H groups in total. The first kappa shape index (κ1) is 20.9.